The van der Waals surface area contributed by atoms with Gasteiger partial charge in [0.05, 0.1) is 17.9 Å². The number of aliphatic hydroxyl groups is 1. The van der Waals surface area contributed by atoms with Crippen LogP contribution in [0.25, 0.3) is 10.9 Å². The Morgan fingerprint density at radius 3 is 3.00 bits per heavy atom. The van der Waals surface area contributed by atoms with E-state index in [9.17, 15) is 9.90 Å². The van der Waals surface area contributed by atoms with Crippen LogP contribution in [0.15, 0.2) is 53.5 Å². The van der Waals surface area contributed by atoms with Crippen LogP contribution in [0.2, 0.25) is 0 Å². The number of fused-ring (bicyclic) bond motifs is 1. The maximum atomic E-state index is 11.8. The molecule has 3 rings (SSSR count). The minimum atomic E-state index is -0.745. The molecule has 0 aliphatic carbocycles. The summed E-state index contributed by atoms with van der Waals surface area (Å²) in [7, 11) is 1.98. The van der Waals surface area contributed by atoms with E-state index >= 15 is 0 Å². The van der Waals surface area contributed by atoms with Crippen molar-refractivity contribution in [1.82, 2.24) is 9.88 Å². The minimum Gasteiger partial charge on any atom is -0.472 e. The van der Waals surface area contributed by atoms with Crippen molar-refractivity contribution >= 4 is 16.8 Å². The quantitative estimate of drug-likeness (QED) is 0.772. The zero-order chi connectivity index (χ0) is 14.8. The molecular weight excluding hydrogens is 268 g/mol. The Hall–Kier alpha value is -2.53. The van der Waals surface area contributed by atoms with Crippen molar-refractivity contribution in [2.75, 3.05) is 6.54 Å². The number of benzene rings is 1. The van der Waals surface area contributed by atoms with Crippen LogP contribution in [0.1, 0.15) is 22.0 Å². The largest absolute Gasteiger partial charge is 0.472 e. The molecular formula is C16H16N2O3. The molecule has 1 aromatic carbocycles. The molecule has 2 aromatic heterocycles. The smallest absolute Gasteiger partial charge is 0.254 e. The van der Waals surface area contributed by atoms with E-state index in [2.05, 4.69) is 5.32 Å². The second-order valence-corrected chi connectivity index (χ2v) is 4.98. The second kappa shape index (κ2) is 5.46. The average molecular weight is 284 g/mol. The third-order valence-corrected chi connectivity index (χ3v) is 3.53. The van der Waals surface area contributed by atoms with Gasteiger partial charge in [-0.2, -0.15) is 0 Å². The number of aryl methyl sites for hydroxylation is 1. The van der Waals surface area contributed by atoms with Gasteiger partial charge in [0.2, 0.25) is 0 Å². The fourth-order valence-corrected chi connectivity index (χ4v) is 2.31. The van der Waals surface area contributed by atoms with Gasteiger partial charge in [-0.1, -0.05) is 6.07 Å². The van der Waals surface area contributed by atoms with Crippen LogP contribution < -0.4 is 5.32 Å². The number of aliphatic hydroxyl groups excluding tert-OH is 1. The van der Waals surface area contributed by atoms with Crippen molar-refractivity contribution in [2.24, 2.45) is 7.05 Å². The van der Waals surface area contributed by atoms with Crippen molar-refractivity contribution in [3.63, 3.8) is 0 Å². The predicted octanol–water partition coefficient (Wildman–Crippen LogP) is 2.23. The number of nitrogens with one attached hydrogen (secondary N) is 1. The molecule has 0 unspecified atom stereocenters. The first-order chi connectivity index (χ1) is 10.1. The number of carbonyl (C=O) groups excluding carboxylic acids is 1. The van der Waals surface area contributed by atoms with Crippen LogP contribution in [0.3, 0.4) is 0 Å². The van der Waals surface area contributed by atoms with Gasteiger partial charge in [-0.15, -0.1) is 0 Å². The summed E-state index contributed by atoms with van der Waals surface area (Å²) in [4.78, 5) is 11.8. The highest BCUT2D eigenvalue weighted by atomic mass is 16.3. The lowest BCUT2D eigenvalue weighted by molar-refractivity contribution is 0.0916. The molecule has 3 aromatic rings. The number of carbonyl (C=O) groups is 1. The number of furan rings is 1. The number of amides is 1. The van der Waals surface area contributed by atoms with E-state index in [4.69, 9.17) is 4.42 Å². The van der Waals surface area contributed by atoms with Crippen LogP contribution in [-0.4, -0.2) is 22.1 Å². The number of rotatable bonds is 4. The monoisotopic (exact) mass is 284 g/mol. The Balaban J connectivity index is 1.69. The highest BCUT2D eigenvalue weighted by molar-refractivity contribution is 5.93. The normalized spacial score (nSPS) is 12.5. The van der Waals surface area contributed by atoms with E-state index in [0.29, 0.717) is 5.56 Å². The standard InChI is InChI=1S/C16H16N2O3/c1-18-6-4-11-8-12(2-3-14(11)18)15(19)9-17-16(20)13-5-7-21-10-13/h2-8,10,15,19H,9H2,1H3,(H,17,20)/t15-/m1/s1. The number of hydrogen-bond donors (Lipinski definition) is 2. The van der Waals surface area contributed by atoms with Crippen molar-refractivity contribution in [3.8, 4) is 0 Å². The molecule has 0 saturated heterocycles. The maximum absolute atomic E-state index is 11.8. The van der Waals surface area contributed by atoms with E-state index in [1.54, 1.807) is 6.07 Å². The Bertz CT molecular complexity index is 759. The third kappa shape index (κ3) is 2.68. The molecule has 0 spiro atoms. The average Bonchev–Trinajstić information content (AvgIpc) is 3.14. The van der Waals surface area contributed by atoms with Crippen LogP contribution in [0.4, 0.5) is 0 Å². The Kier molecular flexibility index (Phi) is 3.50. The molecule has 0 radical (unpaired) electrons. The zero-order valence-corrected chi connectivity index (χ0v) is 11.6. The van der Waals surface area contributed by atoms with Crippen molar-refractivity contribution < 1.29 is 14.3 Å². The number of aromatic nitrogens is 1. The number of nitrogens with zero attached hydrogens (tertiary/aromatic N) is 1. The lowest BCUT2D eigenvalue weighted by atomic mass is 10.1. The van der Waals surface area contributed by atoms with E-state index in [0.717, 1.165) is 16.5 Å². The molecule has 0 saturated carbocycles. The van der Waals surface area contributed by atoms with E-state index < -0.39 is 6.10 Å². The molecule has 108 valence electrons. The van der Waals surface area contributed by atoms with Crippen molar-refractivity contribution in [1.29, 1.82) is 0 Å². The second-order valence-electron chi connectivity index (χ2n) is 4.98. The maximum Gasteiger partial charge on any atom is 0.254 e. The molecule has 2 N–H and O–H groups in total. The summed E-state index contributed by atoms with van der Waals surface area (Å²) in [6.45, 7) is 0.155. The zero-order valence-electron chi connectivity index (χ0n) is 11.6. The molecule has 5 heteroatoms. The third-order valence-electron chi connectivity index (χ3n) is 3.53. The van der Waals surface area contributed by atoms with Gasteiger partial charge in [-0.25, -0.2) is 0 Å². The van der Waals surface area contributed by atoms with E-state index in [1.165, 1.54) is 12.5 Å². The van der Waals surface area contributed by atoms with Crippen LogP contribution >= 0.6 is 0 Å². The van der Waals surface area contributed by atoms with Gasteiger partial charge in [-0.05, 0) is 35.2 Å². The van der Waals surface area contributed by atoms with Gasteiger partial charge in [-0.3, -0.25) is 4.79 Å². The molecule has 21 heavy (non-hydrogen) atoms. The van der Waals surface area contributed by atoms with Gasteiger partial charge in [0.1, 0.15) is 6.26 Å². The fraction of sp³-hybridized carbons (Fsp3) is 0.188. The van der Waals surface area contributed by atoms with Crippen LogP contribution in [-0.2, 0) is 7.05 Å². The first kappa shape index (κ1) is 13.5. The molecule has 0 aliphatic rings. The summed E-state index contributed by atoms with van der Waals surface area (Å²) >= 11 is 0. The summed E-state index contributed by atoms with van der Waals surface area (Å²) in [5.41, 5.74) is 2.33. The molecule has 1 amide bonds. The highest BCUT2D eigenvalue weighted by Gasteiger charge is 2.12. The Morgan fingerprint density at radius 1 is 1.38 bits per heavy atom. The van der Waals surface area contributed by atoms with Crippen molar-refractivity contribution in [3.05, 3.63) is 60.2 Å². The van der Waals surface area contributed by atoms with Crippen molar-refractivity contribution in [2.45, 2.75) is 6.10 Å². The molecule has 0 bridgehead atoms. The fourth-order valence-electron chi connectivity index (χ4n) is 2.31. The van der Waals surface area contributed by atoms with Crippen LogP contribution in [0, 0.1) is 0 Å². The van der Waals surface area contributed by atoms with Gasteiger partial charge in [0.25, 0.3) is 5.91 Å². The predicted molar refractivity (Wildman–Crippen MR) is 78.9 cm³/mol. The van der Waals surface area contributed by atoms with Gasteiger partial charge in [0.15, 0.2) is 0 Å². The lowest BCUT2D eigenvalue weighted by Gasteiger charge is -2.12. The molecule has 0 fully saturated rings. The van der Waals surface area contributed by atoms with Gasteiger partial charge in [0, 0.05) is 25.3 Å². The highest BCUT2D eigenvalue weighted by Crippen LogP contribution is 2.20. The Morgan fingerprint density at radius 2 is 2.24 bits per heavy atom. The van der Waals surface area contributed by atoms with E-state index in [1.807, 2.05) is 42.1 Å². The molecule has 5 nitrogen and oxygen atoms in total. The topological polar surface area (TPSA) is 67.4 Å². The molecule has 2 heterocycles. The first-order valence-corrected chi connectivity index (χ1v) is 6.68. The molecule has 1 atom stereocenters. The summed E-state index contributed by atoms with van der Waals surface area (Å²) in [6.07, 6.45) is 4.04. The lowest BCUT2D eigenvalue weighted by Crippen LogP contribution is -2.28. The minimum absolute atomic E-state index is 0.155. The number of hydrogen-bond acceptors (Lipinski definition) is 3. The summed E-state index contributed by atoms with van der Waals surface area (Å²) in [5.74, 6) is -0.261. The Labute approximate surface area is 121 Å². The van der Waals surface area contributed by atoms with E-state index in [-0.39, 0.29) is 12.5 Å². The summed E-state index contributed by atoms with van der Waals surface area (Å²) < 4.78 is 6.87. The SMILES string of the molecule is Cn1ccc2cc([C@H](O)CNC(=O)c3ccoc3)ccc21. The van der Waals surface area contributed by atoms with Gasteiger partial charge < -0.3 is 19.4 Å². The summed E-state index contributed by atoms with van der Waals surface area (Å²) in [5, 5.41) is 13.9. The first-order valence-electron chi connectivity index (χ1n) is 6.68. The summed E-state index contributed by atoms with van der Waals surface area (Å²) in [6, 6.07) is 9.35. The van der Waals surface area contributed by atoms with Crippen LogP contribution in [0.5, 0.6) is 0 Å². The molecule has 0 aliphatic heterocycles. The van der Waals surface area contributed by atoms with Gasteiger partial charge >= 0.3 is 0 Å².